The van der Waals surface area contributed by atoms with Crippen LogP contribution in [0.4, 0.5) is 18.9 Å². The Morgan fingerprint density at radius 2 is 1.80 bits per heavy atom. The summed E-state index contributed by atoms with van der Waals surface area (Å²) in [7, 11) is 0. The van der Waals surface area contributed by atoms with Crippen LogP contribution < -0.4 is 5.32 Å². The smallest absolute Gasteiger partial charge is 0.376 e. The van der Waals surface area contributed by atoms with E-state index in [0.29, 0.717) is 5.25 Å². The summed E-state index contributed by atoms with van der Waals surface area (Å²) < 4.78 is 37.2. The number of alkyl halides is 3. The van der Waals surface area contributed by atoms with Gasteiger partial charge in [0, 0.05) is 10.9 Å². The van der Waals surface area contributed by atoms with E-state index in [2.05, 4.69) is 19.2 Å². The molecule has 0 amide bonds. The van der Waals surface area contributed by atoms with Gasteiger partial charge in [0.2, 0.25) is 0 Å². The zero-order valence-electron chi connectivity index (χ0n) is 12.0. The summed E-state index contributed by atoms with van der Waals surface area (Å²) in [6.07, 6.45) is 0.650. The summed E-state index contributed by atoms with van der Waals surface area (Å²) in [6, 6.07) is 5.17. The van der Waals surface area contributed by atoms with Crippen molar-refractivity contribution < 1.29 is 13.2 Å². The number of anilines is 1. The molecular weight excluding hydrogens is 283 g/mol. The zero-order chi connectivity index (χ0) is 15.0. The van der Waals surface area contributed by atoms with Crippen LogP contribution >= 0.6 is 11.8 Å². The minimum atomic E-state index is -4.26. The first-order valence-electron chi connectivity index (χ1n) is 6.96. The highest BCUT2D eigenvalue weighted by atomic mass is 32.2. The summed E-state index contributed by atoms with van der Waals surface area (Å²) in [4.78, 5) is 0. The maximum atomic E-state index is 12.4. The number of thioether (sulfide) groups is 1. The first-order valence-corrected chi connectivity index (χ1v) is 8.01. The van der Waals surface area contributed by atoms with Gasteiger partial charge in [-0.1, -0.05) is 33.1 Å². The third-order valence-electron chi connectivity index (χ3n) is 3.07. The average molecular weight is 305 g/mol. The van der Waals surface area contributed by atoms with E-state index in [1.165, 1.54) is 37.8 Å². The summed E-state index contributed by atoms with van der Waals surface area (Å²) in [6.45, 7) is 4.37. The van der Waals surface area contributed by atoms with E-state index >= 15 is 0 Å². The lowest BCUT2D eigenvalue weighted by Crippen LogP contribution is -2.06. The van der Waals surface area contributed by atoms with Crippen molar-refractivity contribution in [1.82, 2.24) is 0 Å². The fourth-order valence-electron chi connectivity index (χ4n) is 1.81. The Morgan fingerprint density at radius 3 is 2.35 bits per heavy atom. The van der Waals surface area contributed by atoms with Gasteiger partial charge in [0.15, 0.2) is 0 Å². The number of halogens is 3. The van der Waals surface area contributed by atoms with E-state index in [4.69, 9.17) is 0 Å². The highest BCUT2D eigenvalue weighted by molar-refractivity contribution is 7.99. The number of unbranched alkanes of at least 4 members (excludes halogenated alkanes) is 2. The summed E-state index contributed by atoms with van der Waals surface area (Å²) >= 11 is 1.80. The van der Waals surface area contributed by atoms with Crippen molar-refractivity contribution in [3.8, 4) is 0 Å². The molecule has 0 aliphatic rings. The van der Waals surface area contributed by atoms with Crippen LogP contribution in [0.15, 0.2) is 24.3 Å². The molecule has 0 fully saturated rings. The molecule has 114 valence electrons. The second kappa shape index (κ2) is 8.45. The minimum absolute atomic E-state index is 0.573. The summed E-state index contributed by atoms with van der Waals surface area (Å²) in [5.41, 5.74) is 0.120. The van der Waals surface area contributed by atoms with Crippen LogP contribution in [0.25, 0.3) is 0 Å². The van der Waals surface area contributed by atoms with E-state index in [-0.39, 0.29) is 0 Å². The molecular formula is C15H22F3NS. The molecule has 0 radical (unpaired) electrons. The van der Waals surface area contributed by atoms with E-state index < -0.39 is 11.7 Å². The predicted molar refractivity (Wildman–Crippen MR) is 81.1 cm³/mol. The normalized spacial score (nSPS) is 13.2. The molecule has 1 nitrogen and oxygen atoms in total. The lowest BCUT2D eigenvalue weighted by Gasteiger charge is -2.13. The van der Waals surface area contributed by atoms with E-state index in [1.807, 2.05) is 0 Å². The van der Waals surface area contributed by atoms with Crippen LogP contribution in [0.3, 0.4) is 0 Å². The Hall–Kier alpha value is -0.840. The van der Waals surface area contributed by atoms with Crippen LogP contribution in [0.1, 0.15) is 45.1 Å². The maximum absolute atomic E-state index is 12.4. The predicted octanol–water partition coefficient (Wildman–Crippen LogP) is 5.78. The summed E-state index contributed by atoms with van der Waals surface area (Å²) in [5, 5.41) is 3.71. The van der Waals surface area contributed by atoms with Gasteiger partial charge in [-0.05, 0) is 30.7 Å². The first-order chi connectivity index (χ1) is 9.43. The van der Waals surface area contributed by atoms with Gasteiger partial charge in [-0.2, -0.15) is 13.2 Å². The number of hydrogen-bond donors (Lipinski definition) is 1. The Bertz CT molecular complexity index is 376. The van der Waals surface area contributed by atoms with Crippen LogP contribution in [-0.2, 0) is 6.18 Å². The molecule has 1 atom stereocenters. The van der Waals surface area contributed by atoms with Gasteiger partial charge in [-0.3, -0.25) is 0 Å². The number of nitrogens with one attached hydrogen (secondary N) is 1. The van der Waals surface area contributed by atoms with Crippen molar-refractivity contribution in [2.45, 2.75) is 51.0 Å². The Labute approximate surface area is 123 Å². The highest BCUT2D eigenvalue weighted by Crippen LogP contribution is 2.30. The second-order valence-corrected chi connectivity index (χ2v) is 6.30. The van der Waals surface area contributed by atoms with Crippen LogP contribution in [0.2, 0.25) is 0 Å². The van der Waals surface area contributed by atoms with Gasteiger partial charge in [-0.15, -0.1) is 11.8 Å². The molecule has 0 unspecified atom stereocenters. The Morgan fingerprint density at radius 1 is 1.15 bits per heavy atom. The van der Waals surface area contributed by atoms with Crippen molar-refractivity contribution >= 4 is 17.4 Å². The molecule has 0 aliphatic carbocycles. The molecule has 0 spiro atoms. The fraction of sp³-hybridized carbons (Fsp3) is 0.600. The van der Waals surface area contributed by atoms with Crippen LogP contribution in [0, 0.1) is 0 Å². The molecule has 20 heavy (non-hydrogen) atoms. The molecule has 0 aliphatic heterocycles. The lowest BCUT2D eigenvalue weighted by molar-refractivity contribution is -0.137. The van der Waals surface area contributed by atoms with Crippen molar-refractivity contribution in [1.29, 1.82) is 0 Å². The largest absolute Gasteiger partial charge is 0.416 e. The van der Waals surface area contributed by atoms with Gasteiger partial charge >= 0.3 is 6.18 Å². The van der Waals surface area contributed by atoms with Crippen molar-refractivity contribution in [2.24, 2.45) is 0 Å². The molecule has 0 saturated heterocycles. The fourth-order valence-corrected chi connectivity index (χ4v) is 2.68. The van der Waals surface area contributed by atoms with E-state index in [0.717, 1.165) is 23.7 Å². The minimum Gasteiger partial charge on any atom is -0.376 e. The average Bonchev–Trinajstić information content (AvgIpc) is 2.38. The molecule has 0 heterocycles. The monoisotopic (exact) mass is 305 g/mol. The maximum Gasteiger partial charge on any atom is 0.416 e. The SMILES string of the molecule is CCCCC[C@@H](C)SCNc1ccc(C(F)(F)F)cc1. The highest BCUT2D eigenvalue weighted by Gasteiger charge is 2.29. The van der Waals surface area contributed by atoms with E-state index in [1.54, 1.807) is 11.8 Å². The molecule has 0 bridgehead atoms. The van der Waals surface area contributed by atoms with Crippen LogP contribution in [-0.4, -0.2) is 11.1 Å². The standard InChI is InChI=1S/C15H22F3NS/c1-3-4-5-6-12(2)20-11-19-14-9-7-13(8-10-14)15(16,17)18/h7-10,12,19H,3-6,11H2,1-2H3/t12-/m1/s1. The lowest BCUT2D eigenvalue weighted by atomic mass is 10.2. The van der Waals surface area contributed by atoms with Crippen LogP contribution in [0.5, 0.6) is 0 Å². The van der Waals surface area contributed by atoms with Gasteiger partial charge in [0.25, 0.3) is 0 Å². The number of benzene rings is 1. The molecule has 1 rings (SSSR count). The van der Waals surface area contributed by atoms with Gasteiger partial charge in [-0.25, -0.2) is 0 Å². The number of hydrogen-bond acceptors (Lipinski definition) is 2. The summed E-state index contributed by atoms with van der Waals surface area (Å²) in [5.74, 6) is 0.721. The Balaban J connectivity index is 2.28. The zero-order valence-corrected chi connectivity index (χ0v) is 12.8. The third kappa shape index (κ3) is 6.55. The second-order valence-electron chi connectivity index (χ2n) is 4.87. The molecule has 0 saturated carbocycles. The van der Waals surface area contributed by atoms with Gasteiger partial charge < -0.3 is 5.32 Å². The molecule has 1 aromatic rings. The molecule has 1 N–H and O–H groups in total. The Kier molecular flexibility index (Phi) is 7.27. The van der Waals surface area contributed by atoms with Gasteiger partial charge in [0.05, 0.1) is 11.4 Å². The van der Waals surface area contributed by atoms with Crippen molar-refractivity contribution in [3.63, 3.8) is 0 Å². The third-order valence-corrected chi connectivity index (χ3v) is 4.19. The quantitative estimate of drug-likeness (QED) is 0.483. The molecule has 5 heteroatoms. The molecule has 0 aromatic heterocycles. The topological polar surface area (TPSA) is 12.0 Å². The molecule has 1 aromatic carbocycles. The van der Waals surface area contributed by atoms with Crippen molar-refractivity contribution in [2.75, 3.05) is 11.2 Å². The van der Waals surface area contributed by atoms with Crippen molar-refractivity contribution in [3.05, 3.63) is 29.8 Å². The number of rotatable bonds is 8. The van der Waals surface area contributed by atoms with Gasteiger partial charge in [0.1, 0.15) is 0 Å². The van der Waals surface area contributed by atoms with E-state index in [9.17, 15) is 13.2 Å². The first kappa shape index (κ1) is 17.2.